The van der Waals surface area contributed by atoms with Gasteiger partial charge >= 0.3 is 0 Å². The fourth-order valence-corrected chi connectivity index (χ4v) is 2.25. The van der Waals surface area contributed by atoms with Crippen LogP contribution in [-0.2, 0) is 0 Å². The average molecular weight is 266 g/mol. The van der Waals surface area contributed by atoms with Gasteiger partial charge in [0.05, 0.1) is 0 Å². The number of aliphatic hydroxyl groups is 1. The first-order valence-electron chi connectivity index (χ1n) is 4.21. The second kappa shape index (κ2) is 3.41. The summed E-state index contributed by atoms with van der Waals surface area (Å²) in [7, 11) is 0. The molecule has 0 saturated heterocycles. The third-order valence-corrected chi connectivity index (χ3v) is 2.72. The summed E-state index contributed by atoms with van der Waals surface area (Å²) in [5.41, 5.74) is 1.07. The molecule has 0 amide bonds. The molecule has 3 heteroatoms. The van der Waals surface area contributed by atoms with Crippen LogP contribution in [0.15, 0.2) is 22.8 Å². The highest BCUT2D eigenvalue weighted by molar-refractivity contribution is 9.10. The molecule has 13 heavy (non-hydrogen) atoms. The van der Waals surface area contributed by atoms with Crippen LogP contribution in [0.1, 0.15) is 27.2 Å². The quantitative estimate of drug-likeness (QED) is 0.664. The van der Waals surface area contributed by atoms with E-state index in [9.17, 15) is 5.11 Å². The molecule has 0 spiro atoms. The van der Waals surface area contributed by atoms with Crippen LogP contribution in [0.5, 0.6) is 0 Å². The average Bonchev–Trinajstić information content (AvgIpc) is 1.79. The van der Waals surface area contributed by atoms with Gasteiger partial charge in [-0.3, -0.25) is 0 Å². The minimum absolute atomic E-state index is 0.0162. The minimum atomic E-state index is -0.971. The Hall–Kier alpha value is 0.210. The summed E-state index contributed by atoms with van der Waals surface area (Å²) in [5.74, 6) is 0. The summed E-state index contributed by atoms with van der Waals surface area (Å²) in [6.07, 6.45) is 4.18. The number of hydrogen-bond donors (Lipinski definition) is 1. The molecular formula is C10H14BrClO. The van der Waals surface area contributed by atoms with E-state index >= 15 is 0 Å². The largest absolute Gasteiger partial charge is 0.375 e. The predicted octanol–water partition coefficient (Wildman–Crippen LogP) is 3.57. The standard InChI is InChI=1S/C10H14BrClO/c1-9(2,3)7-4-8(12)6-10(11,13)5-7/h4-5,13H,6H2,1-3H3. The Kier molecular flexibility index (Phi) is 2.96. The second-order valence-corrected chi connectivity index (χ2v) is 6.29. The van der Waals surface area contributed by atoms with Gasteiger partial charge in [0.15, 0.2) is 0 Å². The normalized spacial score (nSPS) is 29.7. The van der Waals surface area contributed by atoms with Crippen molar-refractivity contribution >= 4 is 27.5 Å². The molecule has 0 bridgehead atoms. The van der Waals surface area contributed by atoms with Crippen LogP contribution < -0.4 is 0 Å². The zero-order valence-electron chi connectivity index (χ0n) is 8.06. The van der Waals surface area contributed by atoms with E-state index in [2.05, 4.69) is 36.7 Å². The first-order valence-corrected chi connectivity index (χ1v) is 5.38. The molecule has 1 rings (SSSR count). The highest BCUT2D eigenvalue weighted by Gasteiger charge is 2.29. The van der Waals surface area contributed by atoms with Gasteiger partial charge in [0.25, 0.3) is 0 Å². The fraction of sp³-hybridized carbons (Fsp3) is 0.600. The smallest absolute Gasteiger partial charge is 0.143 e. The van der Waals surface area contributed by atoms with Gasteiger partial charge in [-0.2, -0.15) is 0 Å². The molecule has 1 aliphatic rings. The predicted molar refractivity (Wildman–Crippen MR) is 60.0 cm³/mol. The highest BCUT2D eigenvalue weighted by atomic mass is 79.9. The first-order chi connectivity index (χ1) is 5.71. The third-order valence-electron chi connectivity index (χ3n) is 1.97. The molecule has 1 N–H and O–H groups in total. The van der Waals surface area contributed by atoms with Crippen LogP contribution in [0.4, 0.5) is 0 Å². The van der Waals surface area contributed by atoms with Gasteiger partial charge in [-0.1, -0.05) is 32.4 Å². The third kappa shape index (κ3) is 3.12. The number of allylic oxidation sites excluding steroid dienone is 2. The Balaban J connectivity index is 3.04. The maximum atomic E-state index is 9.79. The van der Waals surface area contributed by atoms with Crippen LogP contribution in [0.2, 0.25) is 0 Å². The van der Waals surface area contributed by atoms with Gasteiger partial charge in [-0.15, -0.1) is 0 Å². The Morgan fingerprint density at radius 2 is 2.08 bits per heavy atom. The van der Waals surface area contributed by atoms with Gasteiger partial charge in [-0.05, 0) is 39.1 Å². The van der Waals surface area contributed by atoms with Gasteiger partial charge in [0.2, 0.25) is 0 Å². The van der Waals surface area contributed by atoms with Gasteiger partial charge < -0.3 is 5.11 Å². The molecule has 1 aliphatic carbocycles. The van der Waals surface area contributed by atoms with E-state index in [1.807, 2.05) is 12.2 Å². The summed E-state index contributed by atoms with van der Waals surface area (Å²) in [5, 5.41) is 10.5. The molecule has 1 nitrogen and oxygen atoms in total. The molecule has 0 heterocycles. The Morgan fingerprint density at radius 3 is 2.46 bits per heavy atom. The molecule has 74 valence electrons. The molecule has 0 saturated carbocycles. The lowest BCUT2D eigenvalue weighted by molar-refractivity contribution is 0.193. The van der Waals surface area contributed by atoms with Crippen molar-refractivity contribution in [1.82, 2.24) is 0 Å². The molecule has 0 aromatic rings. The minimum Gasteiger partial charge on any atom is -0.375 e. The summed E-state index contributed by atoms with van der Waals surface area (Å²) >= 11 is 9.15. The Morgan fingerprint density at radius 1 is 1.54 bits per heavy atom. The van der Waals surface area contributed by atoms with Crippen molar-refractivity contribution in [2.45, 2.75) is 31.7 Å². The monoisotopic (exact) mass is 264 g/mol. The van der Waals surface area contributed by atoms with Crippen molar-refractivity contribution < 1.29 is 5.11 Å². The summed E-state index contributed by atoms with van der Waals surface area (Å²) in [6, 6.07) is 0. The van der Waals surface area contributed by atoms with Crippen LogP contribution in [0, 0.1) is 5.41 Å². The van der Waals surface area contributed by atoms with Gasteiger partial charge in [-0.25, -0.2) is 0 Å². The van der Waals surface area contributed by atoms with Crippen molar-refractivity contribution in [2.75, 3.05) is 0 Å². The summed E-state index contributed by atoms with van der Waals surface area (Å²) in [4.78, 5) is 0. The number of hydrogen-bond acceptors (Lipinski definition) is 1. The maximum absolute atomic E-state index is 9.79. The summed E-state index contributed by atoms with van der Waals surface area (Å²) < 4.78 is -0.971. The zero-order valence-corrected chi connectivity index (χ0v) is 10.4. The van der Waals surface area contributed by atoms with E-state index in [1.165, 1.54) is 0 Å². The van der Waals surface area contributed by atoms with E-state index in [-0.39, 0.29) is 5.41 Å². The van der Waals surface area contributed by atoms with Crippen molar-refractivity contribution in [2.24, 2.45) is 5.41 Å². The van der Waals surface area contributed by atoms with Crippen LogP contribution in [0.25, 0.3) is 0 Å². The van der Waals surface area contributed by atoms with E-state index < -0.39 is 4.51 Å². The van der Waals surface area contributed by atoms with Crippen molar-refractivity contribution in [3.05, 3.63) is 22.8 Å². The zero-order chi connectivity index (χ0) is 10.3. The van der Waals surface area contributed by atoms with Crippen LogP contribution >= 0.6 is 27.5 Å². The van der Waals surface area contributed by atoms with Crippen molar-refractivity contribution in [1.29, 1.82) is 0 Å². The summed E-state index contributed by atoms with van der Waals surface area (Å²) in [6.45, 7) is 6.27. The molecule has 1 atom stereocenters. The van der Waals surface area contributed by atoms with Crippen molar-refractivity contribution in [3.8, 4) is 0 Å². The first kappa shape index (κ1) is 11.3. The molecule has 0 aromatic carbocycles. The van der Waals surface area contributed by atoms with E-state index in [4.69, 9.17) is 11.6 Å². The second-order valence-electron chi connectivity index (χ2n) is 4.44. The molecular weight excluding hydrogens is 251 g/mol. The van der Waals surface area contributed by atoms with Crippen LogP contribution in [-0.4, -0.2) is 9.62 Å². The van der Waals surface area contributed by atoms with E-state index in [0.29, 0.717) is 11.5 Å². The van der Waals surface area contributed by atoms with Gasteiger partial charge in [0.1, 0.15) is 4.51 Å². The lowest BCUT2D eigenvalue weighted by atomic mass is 9.83. The van der Waals surface area contributed by atoms with Gasteiger partial charge in [0, 0.05) is 11.5 Å². The molecule has 0 aromatic heterocycles. The number of halogens is 2. The van der Waals surface area contributed by atoms with Crippen LogP contribution in [0.3, 0.4) is 0 Å². The fourth-order valence-electron chi connectivity index (χ4n) is 1.22. The SMILES string of the molecule is CC(C)(C)C1=CC(O)(Br)CC(Cl)=C1. The lowest BCUT2D eigenvalue weighted by Crippen LogP contribution is -2.23. The molecule has 0 aliphatic heterocycles. The number of alkyl halides is 1. The number of rotatable bonds is 0. The van der Waals surface area contributed by atoms with Crippen molar-refractivity contribution in [3.63, 3.8) is 0 Å². The maximum Gasteiger partial charge on any atom is 0.143 e. The topological polar surface area (TPSA) is 20.2 Å². The molecule has 0 fully saturated rings. The molecule has 0 radical (unpaired) electrons. The lowest BCUT2D eigenvalue weighted by Gasteiger charge is -2.29. The Labute approximate surface area is 92.6 Å². The van der Waals surface area contributed by atoms with E-state index in [1.54, 1.807) is 0 Å². The Bertz CT molecular complexity index is 271. The van der Waals surface area contributed by atoms with E-state index in [0.717, 1.165) is 5.57 Å². The molecule has 1 unspecified atom stereocenters. The highest BCUT2D eigenvalue weighted by Crippen LogP contribution is 2.39.